The van der Waals surface area contributed by atoms with Crippen molar-refractivity contribution in [1.82, 2.24) is 0 Å². The monoisotopic (exact) mass is 354 g/mol. The van der Waals surface area contributed by atoms with Crippen molar-refractivity contribution in [2.45, 2.75) is 38.2 Å². The Bertz CT molecular complexity index is 487. The van der Waals surface area contributed by atoms with Crippen LogP contribution in [-0.2, 0) is 19.7 Å². The molecule has 116 valence electrons. The summed E-state index contributed by atoms with van der Waals surface area (Å²) < 4.78 is 11.5. The number of carbonyl (C=O) groups excluding carboxylic acids is 1. The van der Waals surface area contributed by atoms with Gasteiger partial charge in [0.05, 0.1) is 18.6 Å². The maximum atomic E-state index is 12.2. The van der Waals surface area contributed by atoms with Crippen LogP contribution in [0.4, 0.5) is 0 Å². The number of methoxy groups -OCH3 is 1. The molecule has 21 heavy (non-hydrogen) atoms. The minimum absolute atomic E-state index is 0.0280. The summed E-state index contributed by atoms with van der Waals surface area (Å²) in [5.74, 6) is -0.225. The second kappa shape index (κ2) is 8.35. The van der Waals surface area contributed by atoms with Gasteiger partial charge in [0.15, 0.2) is 0 Å². The van der Waals surface area contributed by atoms with Gasteiger partial charge in [-0.05, 0) is 44.4 Å². The Morgan fingerprint density at radius 3 is 2.81 bits per heavy atom. The summed E-state index contributed by atoms with van der Waals surface area (Å²) in [6.45, 7) is 8.13. The first-order valence-corrected chi connectivity index (χ1v) is 7.82. The Morgan fingerprint density at radius 1 is 1.52 bits per heavy atom. The zero-order valence-electron chi connectivity index (χ0n) is 12.9. The lowest BCUT2D eigenvalue weighted by Crippen LogP contribution is -2.34. The normalized spacial score (nSPS) is 15.0. The topological polar surface area (TPSA) is 35.5 Å². The Kier molecular flexibility index (Phi) is 7.12. The van der Waals surface area contributed by atoms with Gasteiger partial charge in [-0.2, -0.15) is 0 Å². The Hall–Kier alpha value is -1.13. The molecule has 4 heteroatoms. The van der Waals surface area contributed by atoms with E-state index in [0.717, 1.165) is 16.5 Å². The fraction of sp³-hybridized carbons (Fsp3) is 0.471. The van der Waals surface area contributed by atoms with Gasteiger partial charge in [-0.1, -0.05) is 34.1 Å². The van der Waals surface area contributed by atoms with E-state index >= 15 is 0 Å². The van der Waals surface area contributed by atoms with Crippen LogP contribution < -0.4 is 0 Å². The molecule has 1 aromatic carbocycles. The molecule has 0 aromatic heterocycles. The van der Waals surface area contributed by atoms with Crippen molar-refractivity contribution >= 4 is 21.9 Å². The summed E-state index contributed by atoms with van der Waals surface area (Å²) in [4.78, 5) is 12.2. The summed E-state index contributed by atoms with van der Waals surface area (Å²) in [5, 5.41) is 0. The number of hydrogen-bond donors (Lipinski definition) is 0. The van der Waals surface area contributed by atoms with E-state index in [1.165, 1.54) is 7.11 Å². The molecule has 1 rings (SSSR count). The average molecular weight is 355 g/mol. The van der Waals surface area contributed by atoms with E-state index in [-0.39, 0.29) is 12.1 Å². The predicted octanol–water partition coefficient (Wildman–Crippen LogP) is 4.25. The van der Waals surface area contributed by atoms with Crippen molar-refractivity contribution in [2.24, 2.45) is 0 Å². The largest absolute Gasteiger partial charge is 0.468 e. The highest BCUT2D eigenvalue weighted by atomic mass is 79.9. The van der Waals surface area contributed by atoms with Gasteiger partial charge in [-0.3, -0.25) is 4.79 Å². The van der Waals surface area contributed by atoms with Gasteiger partial charge in [0.1, 0.15) is 0 Å². The van der Waals surface area contributed by atoms with Gasteiger partial charge in [0.2, 0.25) is 0 Å². The molecule has 0 fully saturated rings. The first-order valence-electron chi connectivity index (χ1n) is 7.02. The van der Waals surface area contributed by atoms with E-state index in [4.69, 9.17) is 9.47 Å². The van der Waals surface area contributed by atoms with Crippen LogP contribution in [0.15, 0.2) is 41.4 Å². The molecule has 1 aromatic rings. The van der Waals surface area contributed by atoms with Crippen molar-refractivity contribution in [3.63, 3.8) is 0 Å². The van der Waals surface area contributed by atoms with Gasteiger partial charge in [-0.15, -0.1) is 6.58 Å². The number of carbonyl (C=O) groups is 1. The zero-order valence-corrected chi connectivity index (χ0v) is 14.5. The summed E-state index contributed by atoms with van der Waals surface area (Å²) in [6.07, 6.45) is 3.23. The summed E-state index contributed by atoms with van der Waals surface area (Å²) in [7, 11) is 1.43. The van der Waals surface area contributed by atoms with Crippen LogP contribution in [0, 0.1) is 0 Å². The third kappa shape index (κ3) is 4.97. The van der Waals surface area contributed by atoms with Gasteiger partial charge < -0.3 is 9.47 Å². The van der Waals surface area contributed by atoms with Crippen molar-refractivity contribution in [3.05, 3.63) is 47.0 Å². The third-order valence-electron chi connectivity index (χ3n) is 3.63. The molecule has 0 amide bonds. The SMILES string of the molecule is C=CC(C)OCCCC(C)(C(=O)OC)c1cccc(Br)c1. The Balaban J connectivity index is 2.80. The lowest BCUT2D eigenvalue weighted by atomic mass is 9.78. The van der Waals surface area contributed by atoms with Crippen LogP contribution in [0.2, 0.25) is 0 Å². The second-order valence-corrected chi connectivity index (χ2v) is 6.16. The zero-order chi connectivity index (χ0) is 15.9. The number of ether oxygens (including phenoxy) is 2. The first kappa shape index (κ1) is 17.9. The average Bonchev–Trinajstić information content (AvgIpc) is 2.50. The first-order chi connectivity index (χ1) is 9.93. The smallest absolute Gasteiger partial charge is 0.315 e. The quantitative estimate of drug-likeness (QED) is 0.397. The van der Waals surface area contributed by atoms with Crippen molar-refractivity contribution in [3.8, 4) is 0 Å². The summed E-state index contributed by atoms with van der Waals surface area (Å²) >= 11 is 3.45. The standard InChI is InChI=1S/C17H23BrO3/c1-5-13(2)21-11-7-10-17(3,16(19)20-4)14-8-6-9-15(18)12-14/h5-6,8-9,12-13H,1,7,10-11H2,2-4H3. The maximum absolute atomic E-state index is 12.2. The minimum Gasteiger partial charge on any atom is -0.468 e. The number of rotatable bonds is 8. The van der Waals surface area contributed by atoms with E-state index in [1.54, 1.807) is 6.08 Å². The van der Waals surface area contributed by atoms with Gasteiger partial charge in [0.25, 0.3) is 0 Å². The van der Waals surface area contributed by atoms with Gasteiger partial charge in [0, 0.05) is 11.1 Å². The molecule has 3 nitrogen and oxygen atoms in total. The molecular weight excluding hydrogens is 332 g/mol. The number of benzene rings is 1. The third-order valence-corrected chi connectivity index (χ3v) is 4.12. The molecular formula is C17H23BrO3. The van der Waals surface area contributed by atoms with Crippen LogP contribution in [0.25, 0.3) is 0 Å². The Labute approximate surface area is 135 Å². The van der Waals surface area contributed by atoms with E-state index in [1.807, 2.05) is 38.1 Å². The molecule has 0 saturated carbocycles. The van der Waals surface area contributed by atoms with Crippen LogP contribution in [-0.4, -0.2) is 25.8 Å². The van der Waals surface area contributed by atoms with Crippen molar-refractivity contribution in [1.29, 1.82) is 0 Å². The highest BCUT2D eigenvalue weighted by molar-refractivity contribution is 9.10. The fourth-order valence-electron chi connectivity index (χ4n) is 2.18. The fourth-order valence-corrected chi connectivity index (χ4v) is 2.58. The lowest BCUT2D eigenvalue weighted by Gasteiger charge is -2.27. The molecule has 0 spiro atoms. The number of esters is 1. The molecule has 0 saturated heterocycles. The lowest BCUT2D eigenvalue weighted by molar-refractivity contribution is -0.147. The molecule has 0 radical (unpaired) electrons. The van der Waals surface area contributed by atoms with Gasteiger partial charge >= 0.3 is 5.97 Å². The van der Waals surface area contributed by atoms with Crippen molar-refractivity contribution < 1.29 is 14.3 Å². The highest BCUT2D eigenvalue weighted by Gasteiger charge is 2.35. The van der Waals surface area contributed by atoms with Crippen LogP contribution in [0.5, 0.6) is 0 Å². The predicted molar refractivity (Wildman–Crippen MR) is 88.4 cm³/mol. The molecule has 0 aliphatic carbocycles. The van der Waals surface area contributed by atoms with E-state index < -0.39 is 5.41 Å². The molecule has 0 heterocycles. The van der Waals surface area contributed by atoms with Crippen LogP contribution in [0.3, 0.4) is 0 Å². The van der Waals surface area contributed by atoms with Crippen LogP contribution in [0.1, 0.15) is 32.3 Å². The molecule has 0 N–H and O–H groups in total. The summed E-state index contributed by atoms with van der Waals surface area (Å²) in [5.41, 5.74) is 0.278. The Morgan fingerprint density at radius 2 is 2.24 bits per heavy atom. The molecule has 0 aliphatic heterocycles. The minimum atomic E-state index is -0.667. The van der Waals surface area contributed by atoms with E-state index in [0.29, 0.717) is 13.0 Å². The van der Waals surface area contributed by atoms with E-state index in [9.17, 15) is 4.79 Å². The van der Waals surface area contributed by atoms with Crippen molar-refractivity contribution in [2.75, 3.05) is 13.7 Å². The molecule has 0 aliphatic rings. The van der Waals surface area contributed by atoms with Crippen LogP contribution >= 0.6 is 15.9 Å². The number of hydrogen-bond acceptors (Lipinski definition) is 3. The second-order valence-electron chi connectivity index (χ2n) is 5.25. The van der Waals surface area contributed by atoms with Gasteiger partial charge in [-0.25, -0.2) is 0 Å². The van der Waals surface area contributed by atoms with E-state index in [2.05, 4.69) is 22.5 Å². The molecule has 2 unspecified atom stereocenters. The molecule has 2 atom stereocenters. The maximum Gasteiger partial charge on any atom is 0.315 e. The summed E-state index contributed by atoms with van der Waals surface area (Å²) in [6, 6.07) is 7.78. The number of halogens is 1. The highest BCUT2D eigenvalue weighted by Crippen LogP contribution is 2.32. The molecule has 0 bridgehead atoms.